The van der Waals surface area contributed by atoms with E-state index in [4.69, 9.17) is 5.11 Å². The molecule has 0 spiro atoms. The van der Waals surface area contributed by atoms with Crippen molar-refractivity contribution in [2.75, 3.05) is 19.7 Å². The fourth-order valence-electron chi connectivity index (χ4n) is 2.23. The lowest BCUT2D eigenvalue weighted by Gasteiger charge is -2.16. The van der Waals surface area contributed by atoms with Crippen LogP contribution in [0.25, 0.3) is 0 Å². The minimum Gasteiger partial charge on any atom is -0.395 e. The van der Waals surface area contributed by atoms with Crippen molar-refractivity contribution < 1.29 is 18.6 Å². The molecule has 0 aliphatic carbocycles. The average Bonchev–Trinajstić information content (AvgIpc) is 2.88. The normalized spacial score (nSPS) is 19.3. The van der Waals surface area contributed by atoms with Gasteiger partial charge in [0, 0.05) is 25.1 Å². The quantitative estimate of drug-likeness (QED) is 0.796. The van der Waals surface area contributed by atoms with Gasteiger partial charge in [0.2, 0.25) is 10.0 Å². The highest BCUT2D eigenvalue weighted by Crippen LogP contribution is 2.22. The van der Waals surface area contributed by atoms with Crippen molar-refractivity contribution in [1.29, 1.82) is 0 Å². The Morgan fingerprint density at radius 3 is 2.76 bits per heavy atom. The second-order valence-corrected chi connectivity index (χ2v) is 7.00. The van der Waals surface area contributed by atoms with Gasteiger partial charge in [0.15, 0.2) is 0 Å². The van der Waals surface area contributed by atoms with E-state index in [-0.39, 0.29) is 18.0 Å². The van der Waals surface area contributed by atoms with Crippen LogP contribution in [0.2, 0.25) is 0 Å². The third-order valence-electron chi connectivity index (χ3n) is 3.42. The summed E-state index contributed by atoms with van der Waals surface area (Å²) < 4.78 is 26.2. The summed E-state index contributed by atoms with van der Waals surface area (Å²) in [7, 11) is -3.55. The third-order valence-corrected chi connectivity index (χ3v) is 5.28. The lowest BCUT2D eigenvalue weighted by Crippen LogP contribution is -2.29. The average molecular weight is 309 g/mol. The van der Waals surface area contributed by atoms with Gasteiger partial charge in [-0.15, -0.1) is 0 Å². The molecular formula is C15H19NO4S. The number of aliphatic hydroxyl groups excluding tert-OH is 2. The molecule has 6 heteroatoms. The summed E-state index contributed by atoms with van der Waals surface area (Å²) in [6, 6.07) is 4.82. The summed E-state index contributed by atoms with van der Waals surface area (Å²) in [5.41, 5.74) is 1.53. The molecule has 1 atom stereocenters. The molecule has 0 aromatic heterocycles. The maximum absolute atomic E-state index is 12.4. The molecule has 1 heterocycles. The van der Waals surface area contributed by atoms with E-state index in [1.54, 1.807) is 19.1 Å². The van der Waals surface area contributed by atoms with Crippen LogP contribution >= 0.6 is 0 Å². The van der Waals surface area contributed by atoms with Gasteiger partial charge >= 0.3 is 0 Å². The smallest absolute Gasteiger partial charge is 0.243 e. The molecule has 1 saturated heterocycles. The van der Waals surface area contributed by atoms with E-state index >= 15 is 0 Å². The zero-order valence-corrected chi connectivity index (χ0v) is 12.7. The predicted octanol–water partition coefficient (Wildman–Crippen LogP) is 0.484. The van der Waals surface area contributed by atoms with E-state index < -0.39 is 16.1 Å². The number of β-amino-alcohol motifs (C(OH)–C–C–N with tert-alkyl or cyclic N) is 1. The van der Waals surface area contributed by atoms with Gasteiger partial charge in [-0.25, -0.2) is 8.42 Å². The molecule has 2 N–H and O–H groups in total. The fraction of sp³-hybridized carbons (Fsp3) is 0.467. The summed E-state index contributed by atoms with van der Waals surface area (Å²) in [5, 5.41) is 18.2. The van der Waals surface area contributed by atoms with Gasteiger partial charge in [0.05, 0.1) is 17.6 Å². The SMILES string of the molecule is Cc1cc(S(=O)(=O)N2CCC(O)C2)ccc1C#CCCO. The van der Waals surface area contributed by atoms with E-state index in [1.165, 1.54) is 10.4 Å². The van der Waals surface area contributed by atoms with Crippen molar-refractivity contribution >= 4 is 10.0 Å². The lowest BCUT2D eigenvalue weighted by molar-refractivity contribution is 0.189. The molecule has 1 aromatic carbocycles. The van der Waals surface area contributed by atoms with Crippen LogP contribution in [-0.4, -0.2) is 48.7 Å². The maximum atomic E-state index is 12.4. The molecule has 0 amide bonds. The van der Waals surface area contributed by atoms with E-state index in [0.717, 1.165) is 11.1 Å². The topological polar surface area (TPSA) is 77.8 Å². The molecule has 21 heavy (non-hydrogen) atoms. The monoisotopic (exact) mass is 309 g/mol. The minimum atomic E-state index is -3.55. The number of aryl methyl sites for hydroxylation is 1. The first-order chi connectivity index (χ1) is 9.95. The minimum absolute atomic E-state index is 0.00972. The van der Waals surface area contributed by atoms with Crippen molar-refractivity contribution in [3.63, 3.8) is 0 Å². The van der Waals surface area contributed by atoms with Crippen LogP contribution in [0, 0.1) is 18.8 Å². The third kappa shape index (κ3) is 3.63. The highest BCUT2D eigenvalue weighted by atomic mass is 32.2. The number of rotatable bonds is 3. The largest absolute Gasteiger partial charge is 0.395 e. The highest BCUT2D eigenvalue weighted by molar-refractivity contribution is 7.89. The predicted molar refractivity (Wildman–Crippen MR) is 79.1 cm³/mol. The zero-order chi connectivity index (χ0) is 15.5. The van der Waals surface area contributed by atoms with Crippen LogP contribution < -0.4 is 0 Å². The molecule has 1 aromatic rings. The Hall–Kier alpha value is -1.39. The van der Waals surface area contributed by atoms with E-state index in [0.29, 0.717) is 19.4 Å². The number of aliphatic hydroxyl groups is 2. The van der Waals surface area contributed by atoms with Crippen LogP contribution in [0.1, 0.15) is 24.0 Å². The van der Waals surface area contributed by atoms with Crippen LogP contribution in [0.3, 0.4) is 0 Å². The first kappa shape index (κ1) is 16.0. The van der Waals surface area contributed by atoms with E-state index in [2.05, 4.69) is 11.8 Å². The molecule has 114 valence electrons. The first-order valence-corrected chi connectivity index (χ1v) is 8.28. The summed E-state index contributed by atoms with van der Waals surface area (Å²) in [4.78, 5) is 0.224. The van der Waals surface area contributed by atoms with Gasteiger partial charge in [-0.3, -0.25) is 0 Å². The Balaban J connectivity index is 2.26. The summed E-state index contributed by atoms with van der Waals surface area (Å²) in [6.07, 6.45) is 0.290. The lowest BCUT2D eigenvalue weighted by atomic mass is 10.1. The van der Waals surface area contributed by atoms with Crippen LogP contribution in [-0.2, 0) is 10.0 Å². The van der Waals surface area contributed by atoms with Crippen LogP contribution in [0.4, 0.5) is 0 Å². The second kappa shape index (κ2) is 6.58. The van der Waals surface area contributed by atoms with Crippen molar-refractivity contribution in [1.82, 2.24) is 4.31 Å². The Kier molecular flexibility index (Phi) is 5.01. The summed E-state index contributed by atoms with van der Waals surface area (Å²) >= 11 is 0. The Morgan fingerprint density at radius 2 is 2.19 bits per heavy atom. The molecule has 0 saturated carbocycles. The van der Waals surface area contributed by atoms with Gasteiger partial charge in [-0.1, -0.05) is 11.8 Å². The number of hydrogen-bond donors (Lipinski definition) is 2. The number of hydrogen-bond acceptors (Lipinski definition) is 4. The number of benzene rings is 1. The molecule has 1 unspecified atom stereocenters. The zero-order valence-electron chi connectivity index (χ0n) is 11.9. The molecule has 0 radical (unpaired) electrons. The van der Waals surface area contributed by atoms with Crippen molar-refractivity contribution in [3.8, 4) is 11.8 Å². The van der Waals surface area contributed by atoms with Gasteiger partial charge in [-0.05, 0) is 37.1 Å². The fourth-order valence-corrected chi connectivity index (χ4v) is 3.81. The van der Waals surface area contributed by atoms with E-state index in [1.807, 2.05) is 0 Å². The van der Waals surface area contributed by atoms with Gasteiger partial charge in [0.1, 0.15) is 0 Å². The molecular weight excluding hydrogens is 290 g/mol. The van der Waals surface area contributed by atoms with Crippen LogP contribution in [0.15, 0.2) is 23.1 Å². The summed E-state index contributed by atoms with van der Waals surface area (Å²) in [6.45, 7) is 2.32. The number of nitrogens with zero attached hydrogens (tertiary/aromatic N) is 1. The molecule has 5 nitrogen and oxygen atoms in total. The Labute approximate surface area is 125 Å². The first-order valence-electron chi connectivity index (χ1n) is 6.83. The summed E-state index contributed by atoms with van der Waals surface area (Å²) in [5.74, 6) is 5.73. The van der Waals surface area contributed by atoms with Crippen LogP contribution in [0.5, 0.6) is 0 Å². The molecule has 0 bridgehead atoms. The Bertz CT molecular complexity index is 673. The molecule has 1 aliphatic heterocycles. The van der Waals surface area contributed by atoms with Crippen molar-refractivity contribution in [3.05, 3.63) is 29.3 Å². The standard InChI is InChI=1S/C15H19NO4S/c1-12-10-15(6-5-13(12)4-2-3-9-17)21(19,20)16-8-7-14(18)11-16/h5-6,10,14,17-18H,3,7-9,11H2,1H3. The van der Waals surface area contributed by atoms with Gasteiger partial charge < -0.3 is 10.2 Å². The number of sulfonamides is 1. The molecule has 2 rings (SSSR count). The molecule has 1 fully saturated rings. The second-order valence-electron chi connectivity index (χ2n) is 5.06. The van der Waals surface area contributed by atoms with Crippen molar-refractivity contribution in [2.24, 2.45) is 0 Å². The van der Waals surface area contributed by atoms with Gasteiger partial charge in [-0.2, -0.15) is 4.31 Å². The highest BCUT2D eigenvalue weighted by Gasteiger charge is 2.31. The van der Waals surface area contributed by atoms with Crippen molar-refractivity contribution in [2.45, 2.75) is 30.8 Å². The Morgan fingerprint density at radius 1 is 1.43 bits per heavy atom. The molecule has 1 aliphatic rings. The van der Waals surface area contributed by atoms with Gasteiger partial charge in [0.25, 0.3) is 0 Å². The maximum Gasteiger partial charge on any atom is 0.243 e. The van der Waals surface area contributed by atoms with E-state index in [9.17, 15) is 13.5 Å².